The van der Waals surface area contributed by atoms with Gasteiger partial charge < -0.3 is 19.9 Å². The fourth-order valence-electron chi connectivity index (χ4n) is 1.35. The molecule has 0 aliphatic rings. The van der Waals surface area contributed by atoms with Crippen LogP contribution < -0.4 is 5.32 Å². The lowest BCUT2D eigenvalue weighted by Crippen LogP contribution is -2.38. The van der Waals surface area contributed by atoms with E-state index < -0.39 is 5.41 Å². The maximum Gasteiger partial charge on any atom is 0.120 e. The lowest BCUT2D eigenvalue weighted by molar-refractivity contribution is 0.0671. The molecule has 0 bridgehead atoms. The highest BCUT2D eigenvalue weighted by Gasteiger charge is 2.23. The average Bonchev–Trinajstić information content (AvgIpc) is 2.72. The highest BCUT2D eigenvalue weighted by Crippen LogP contribution is 2.18. The van der Waals surface area contributed by atoms with Crippen molar-refractivity contribution in [1.82, 2.24) is 5.32 Å². The van der Waals surface area contributed by atoms with Crippen molar-refractivity contribution in [3.63, 3.8) is 0 Å². The highest BCUT2D eigenvalue weighted by atomic mass is 16.3. The minimum Gasteiger partial charge on any atom is -0.465 e. The van der Waals surface area contributed by atoms with E-state index in [-0.39, 0.29) is 19.3 Å². The van der Waals surface area contributed by atoms with Gasteiger partial charge in [0.25, 0.3) is 0 Å². The predicted molar refractivity (Wildman–Crippen MR) is 62.1 cm³/mol. The summed E-state index contributed by atoms with van der Waals surface area (Å²) < 4.78 is 5.49. The smallest absolute Gasteiger partial charge is 0.120 e. The summed E-state index contributed by atoms with van der Waals surface area (Å²) in [6.45, 7) is 6.19. The van der Waals surface area contributed by atoms with E-state index in [9.17, 15) is 0 Å². The van der Waals surface area contributed by atoms with Crippen LogP contribution in [0.15, 0.2) is 16.5 Å². The molecule has 1 heterocycles. The maximum atomic E-state index is 9.15. The summed E-state index contributed by atoms with van der Waals surface area (Å²) in [6, 6.07) is 3.93. The van der Waals surface area contributed by atoms with Crippen LogP contribution in [0.3, 0.4) is 0 Å². The average molecular weight is 227 g/mol. The molecule has 0 saturated heterocycles. The molecule has 4 heteroatoms. The molecule has 0 radical (unpaired) electrons. The van der Waals surface area contributed by atoms with Crippen LogP contribution in [-0.4, -0.2) is 30.0 Å². The number of hydrogen-bond donors (Lipinski definition) is 3. The molecule has 0 aliphatic carbocycles. The van der Waals surface area contributed by atoms with Crippen LogP contribution in [0.2, 0.25) is 0 Å². The van der Waals surface area contributed by atoms with E-state index in [0.29, 0.717) is 6.54 Å². The molecule has 0 aromatic carbocycles. The zero-order valence-electron chi connectivity index (χ0n) is 10.2. The van der Waals surface area contributed by atoms with Crippen molar-refractivity contribution in [1.29, 1.82) is 0 Å². The molecule has 92 valence electrons. The van der Waals surface area contributed by atoms with E-state index in [0.717, 1.165) is 11.5 Å². The van der Waals surface area contributed by atoms with Crippen LogP contribution in [0.5, 0.6) is 0 Å². The van der Waals surface area contributed by atoms with Gasteiger partial charge in [0.1, 0.15) is 11.5 Å². The van der Waals surface area contributed by atoms with E-state index in [2.05, 4.69) is 5.32 Å². The Morgan fingerprint density at radius 3 is 2.44 bits per heavy atom. The SMILES string of the molecule is Cc1ccc(C(C)NCC(C)(CO)CO)o1. The molecule has 0 spiro atoms. The first-order valence-corrected chi connectivity index (χ1v) is 5.52. The largest absolute Gasteiger partial charge is 0.465 e. The Morgan fingerprint density at radius 2 is 2.00 bits per heavy atom. The number of furan rings is 1. The van der Waals surface area contributed by atoms with Crippen molar-refractivity contribution < 1.29 is 14.6 Å². The van der Waals surface area contributed by atoms with Crippen LogP contribution in [0.4, 0.5) is 0 Å². The summed E-state index contributed by atoms with van der Waals surface area (Å²) in [5.74, 6) is 1.76. The number of hydrogen-bond acceptors (Lipinski definition) is 4. The van der Waals surface area contributed by atoms with E-state index in [1.807, 2.05) is 32.9 Å². The Balaban J connectivity index is 2.49. The maximum absolute atomic E-state index is 9.15. The highest BCUT2D eigenvalue weighted by molar-refractivity contribution is 5.08. The molecule has 0 fully saturated rings. The van der Waals surface area contributed by atoms with Crippen molar-refractivity contribution in [2.45, 2.75) is 26.8 Å². The molecular formula is C12H21NO3. The standard InChI is InChI=1S/C12H21NO3/c1-9-4-5-11(16-9)10(2)13-6-12(3,7-14)8-15/h4-5,10,13-15H,6-8H2,1-3H3. The van der Waals surface area contributed by atoms with Gasteiger partial charge in [0.15, 0.2) is 0 Å². The van der Waals surface area contributed by atoms with Crippen LogP contribution in [-0.2, 0) is 0 Å². The molecular weight excluding hydrogens is 206 g/mol. The third-order valence-electron chi connectivity index (χ3n) is 2.79. The zero-order valence-corrected chi connectivity index (χ0v) is 10.2. The second-order valence-corrected chi connectivity index (χ2v) is 4.68. The fraction of sp³-hybridized carbons (Fsp3) is 0.667. The minimum absolute atomic E-state index is 0.0413. The Kier molecular flexibility index (Phi) is 4.53. The van der Waals surface area contributed by atoms with Gasteiger partial charge in [-0.05, 0) is 26.0 Å². The first-order chi connectivity index (χ1) is 7.50. The Bertz CT molecular complexity index is 318. The van der Waals surface area contributed by atoms with Gasteiger partial charge in [-0.2, -0.15) is 0 Å². The Hall–Kier alpha value is -0.840. The van der Waals surface area contributed by atoms with Gasteiger partial charge in [0, 0.05) is 12.0 Å². The lowest BCUT2D eigenvalue weighted by Gasteiger charge is -2.26. The van der Waals surface area contributed by atoms with Crippen LogP contribution in [0.25, 0.3) is 0 Å². The van der Waals surface area contributed by atoms with Crippen molar-refractivity contribution >= 4 is 0 Å². The topological polar surface area (TPSA) is 65.6 Å². The second kappa shape index (κ2) is 5.48. The second-order valence-electron chi connectivity index (χ2n) is 4.68. The fourth-order valence-corrected chi connectivity index (χ4v) is 1.35. The molecule has 1 rings (SSSR count). The summed E-state index contributed by atoms with van der Waals surface area (Å²) in [6.07, 6.45) is 0. The third kappa shape index (κ3) is 3.33. The van der Waals surface area contributed by atoms with Gasteiger partial charge in [0.05, 0.1) is 19.3 Å². The van der Waals surface area contributed by atoms with Crippen molar-refractivity contribution in [3.8, 4) is 0 Å². The van der Waals surface area contributed by atoms with E-state index in [1.54, 1.807) is 0 Å². The van der Waals surface area contributed by atoms with Gasteiger partial charge in [-0.25, -0.2) is 0 Å². The Morgan fingerprint density at radius 1 is 1.38 bits per heavy atom. The molecule has 4 nitrogen and oxygen atoms in total. The summed E-state index contributed by atoms with van der Waals surface area (Å²) in [5.41, 5.74) is -0.490. The first kappa shape index (κ1) is 13.2. The van der Waals surface area contributed by atoms with Gasteiger partial charge in [-0.15, -0.1) is 0 Å². The summed E-state index contributed by atoms with van der Waals surface area (Å²) in [5, 5.41) is 21.5. The summed E-state index contributed by atoms with van der Waals surface area (Å²) in [7, 11) is 0. The predicted octanol–water partition coefficient (Wildman–Crippen LogP) is 1.23. The molecule has 1 aromatic heterocycles. The molecule has 3 N–H and O–H groups in total. The minimum atomic E-state index is -0.490. The monoisotopic (exact) mass is 227 g/mol. The number of aryl methyl sites for hydroxylation is 1. The molecule has 0 aliphatic heterocycles. The molecule has 16 heavy (non-hydrogen) atoms. The van der Waals surface area contributed by atoms with Crippen molar-refractivity contribution in [3.05, 3.63) is 23.7 Å². The third-order valence-corrected chi connectivity index (χ3v) is 2.79. The van der Waals surface area contributed by atoms with E-state index in [1.165, 1.54) is 0 Å². The Labute approximate surface area is 96.3 Å². The first-order valence-electron chi connectivity index (χ1n) is 5.52. The summed E-state index contributed by atoms with van der Waals surface area (Å²) in [4.78, 5) is 0. The summed E-state index contributed by atoms with van der Waals surface area (Å²) >= 11 is 0. The molecule has 0 amide bonds. The number of aliphatic hydroxyl groups is 2. The molecule has 1 unspecified atom stereocenters. The number of rotatable bonds is 6. The van der Waals surface area contributed by atoms with Crippen LogP contribution in [0.1, 0.15) is 31.4 Å². The van der Waals surface area contributed by atoms with Crippen LogP contribution in [0, 0.1) is 12.3 Å². The van der Waals surface area contributed by atoms with Gasteiger partial charge in [-0.1, -0.05) is 6.92 Å². The van der Waals surface area contributed by atoms with E-state index in [4.69, 9.17) is 14.6 Å². The van der Waals surface area contributed by atoms with Gasteiger partial charge in [-0.3, -0.25) is 0 Å². The van der Waals surface area contributed by atoms with Crippen molar-refractivity contribution in [2.75, 3.05) is 19.8 Å². The zero-order chi connectivity index (χ0) is 12.2. The van der Waals surface area contributed by atoms with E-state index >= 15 is 0 Å². The quantitative estimate of drug-likeness (QED) is 0.684. The molecule has 0 saturated carbocycles. The number of aliphatic hydroxyl groups excluding tert-OH is 2. The molecule has 1 aromatic rings. The number of nitrogens with one attached hydrogen (secondary N) is 1. The molecule has 1 atom stereocenters. The van der Waals surface area contributed by atoms with Crippen LogP contribution >= 0.6 is 0 Å². The van der Waals surface area contributed by atoms with Gasteiger partial charge in [0.2, 0.25) is 0 Å². The lowest BCUT2D eigenvalue weighted by atomic mass is 9.93. The van der Waals surface area contributed by atoms with Gasteiger partial charge >= 0.3 is 0 Å². The van der Waals surface area contributed by atoms with Crippen molar-refractivity contribution in [2.24, 2.45) is 5.41 Å². The normalized spacial score (nSPS) is 14.1.